The van der Waals surface area contributed by atoms with Gasteiger partial charge in [0.15, 0.2) is 0 Å². The summed E-state index contributed by atoms with van der Waals surface area (Å²) < 4.78 is 11.6. The molecule has 2 heterocycles. The largest absolute Gasteiger partial charge is 0.497 e. The molecule has 1 aliphatic heterocycles. The highest BCUT2D eigenvalue weighted by Crippen LogP contribution is 2.41. The summed E-state index contributed by atoms with van der Waals surface area (Å²) in [7, 11) is 1.61. The van der Waals surface area contributed by atoms with Crippen molar-refractivity contribution >= 4 is 22.7 Å². The summed E-state index contributed by atoms with van der Waals surface area (Å²) in [4.78, 5) is 17.1. The number of amides is 1. The summed E-state index contributed by atoms with van der Waals surface area (Å²) >= 11 is 0. The number of hydrazone groups is 1. The topological polar surface area (TPSA) is 64.0 Å². The van der Waals surface area contributed by atoms with Gasteiger partial charge in [0.05, 0.1) is 12.6 Å². The molecule has 0 bridgehead atoms. The molecule has 29 heavy (non-hydrogen) atoms. The van der Waals surface area contributed by atoms with Crippen LogP contribution in [0.15, 0.2) is 59.7 Å². The molecule has 1 aromatic heterocycles. The summed E-state index contributed by atoms with van der Waals surface area (Å²) in [6.07, 6.45) is 1.68. The van der Waals surface area contributed by atoms with Gasteiger partial charge in [-0.1, -0.05) is 30.3 Å². The number of methoxy groups -OCH3 is 1. The third kappa shape index (κ3) is 3.20. The molecule has 6 nitrogen and oxygen atoms in total. The average Bonchev–Trinajstić information content (AvgIpc) is 3.51. The molecular formula is C23H21N3O3. The number of carbonyl (C=O) groups excluding carboxylic acids is 1. The Labute approximate surface area is 168 Å². The first-order valence-corrected chi connectivity index (χ1v) is 9.73. The van der Waals surface area contributed by atoms with Crippen LogP contribution in [0.1, 0.15) is 48.7 Å². The minimum atomic E-state index is -0.631. The Hall–Kier alpha value is -3.41. The Morgan fingerprint density at radius 2 is 1.97 bits per heavy atom. The molecule has 146 valence electrons. The maximum Gasteiger partial charge on any atom is 0.243 e. The van der Waals surface area contributed by atoms with Crippen molar-refractivity contribution < 1.29 is 14.3 Å². The number of aromatic nitrogens is 1. The van der Waals surface area contributed by atoms with Crippen molar-refractivity contribution in [3.05, 3.63) is 71.4 Å². The predicted molar refractivity (Wildman–Crippen MR) is 110 cm³/mol. The van der Waals surface area contributed by atoms with E-state index in [0.717, 1.165) is 40.6 Å². The second-order valence-electron chi connectivity index (χ2n) is 7.40. The van der Waals surface area contributed by atoms with Crippen molar-refractivity contribution in [1.29, 1.82) is 0 Å². The minimum Gasteiger partial charge on any atom is -0.497 e. The van der Waals surface area contributed by atoms with Crippen LogP contribution in [0, 0.1) is 0 Å². The molecule has 0 N–H and O–H groups in total. The van der Waals surface area contributed by atoms with Crippen LogP contribution in [0.3, 0.4) is 0 Å². The maximum absolute atomic E-state index is 12.3. The van der Waals surface area contributed by atoms with Gasteiger partial charge in [-0.3, -0.25) is 9.78 Å². The Morgan fingerprint density at radius 1 is 1.14 bits per heavy atom. The second-order valence-corrected chi connectivity index (χ2v) is 7.40. The summed E-state index contributed by atoms with van der Waals surface area (Å²) in [5.41, 5.74) is 3.65. The van der Waals surface area contributed by atoms with Gasteiger partial charge in [0.2, 0.25) is 18.0 Å². The Bertz CT molecular complexity index is 1140. The lowest BCUT2D eigenvalue weighted by Gasteiger charge is -2.19. The van der Waals surface area contributed by atoms with E-state index in [4.69, 9.17) is 14.5 Å². The lowest BCUT2D eigenvalue weighted by atomic mass is 10.1. The van der Waals surface area contributed by atoms with E-state index in [1.165, 1.54) is 11.9 Å². The lowest BCUT2D eigenvalue weighted by molar-refractivity contribution is -0.135. The predicted octanol–water partition coefficient (Wildman–Crippen LogP) is 4.36. The fourth-order valence-electron chi connectivity index (χ4n) is 3.65. The monoisotopic (exact) mass is 387 g/mol. The van der Waals surface area contributed by atoms with Crippen LogP contribution in [-0.4, -0.2) is 28.9 Å². The van der Waals surface area contributed by atoms with E-state index >= 15 is 0 Å². The highest BCUT2D eigenvalue weighted by molar-refractivity contribution is 6.07. The van der Waals surface area contributed by atoms with Gasteiger partial charge in [-0.05, 0) is 37.1 Å². The lowest BCUT2D eigenvalue weighted by Crippen LogP contribution is -2.25. The van der Waals surface area contributed by atoms with E-state index in [1.54, 1.807) is 7.11 Å². The first-order valence-electron chi connectivity index (χ1n) is 9.73. The van der Waals surface area contributed by atoms with Crippen molar-refractivity contribution in [2.45, 2.75) is 31.9 Å². The highest BCUT2D eigenvalue weighted by Gasteiger charge is 2.35. The number of hydrogen-bond donors (Lipinski definition) is 0. The third-order valence-corrected chi connectivity index (χ3v) is 5.31. The van der Waals surface area contributed by atoms with E-state index in [0.29, 0.717) is 17.6 Å². The van der Waals surface area contributed by atoms with Gasteiger partial charge in [0.1, 0.15) is 5.75 Å². The zero-order valence-electron chi connectivity index (χ0n) is 16.3. The maximum atomic E-state index is 12.3. The van der Waals surface area contributed by atoms with E-state index in [2.05, 4.69) is 11.2 Å². The van der Waals surface area contributed by atoms with Crippen LogP contribution < -0.4 is 4.74 Å². The van der Waals surface area contributed by atoms with Crippen molar-refractivity contribution in [1.82, 2.24) is 9.99 Å². The van der Waals surface area contributed by atoms with Crippen LogP contribution in [0.4, 0.5) is 0 Å². The van der Waals surface area contributed by atoms with Gasteiger partial charge in [0.25, 0.3) is 0 Å². The molecule has 1 amide bonds. The average molecular weight is 387 g/mol. The van der Waals surface area contributed by atoms with Gasteiger partial charge < -0.3 is 9.47 Å². The fraction of sp³-hybridized carbons (Fsp3) is 0.261. The molecule has 0 unspecified atom stereocenters. The van der Waals surface area contributed by atoms with E-state index < -0.39 is 6.23 Å². The zero-order chi connectivity index (χ0) is 20.0. The van der Waals surface area contributed by atoms with Crippen molar-refractivity contribution in [3.8, 4) is 5.75 Å². The molecule has 2 aliphatic rings. The molecule has 2 aromatic carbocycles. The SMILES string of the molecule is COc1cccc([C@@H]2OC(c3cc(C4CC4)nc4ccccc34)=NN2C(C)=O)c1. The molecule has 0 radical (unpaired) electrons. The number of ether oxygens (including phenoxy) is 2. The molecule has 1 atom stereocenters. The van der Waals surface area contributed by atoms with Crippen molar-refractivity contribution in [2.75, 3.05) is 7.11 Å². The van der Waals surface area contributed by atoms with Crippen LogP contribution in [0.2, 0.25) is 0 Å². The quantitative estimate of drug-likeness (QED) is 0.667. The number of carbonyl (C=O) groups is 1. The summed E-state index contributed by atoms with van der Waals surface area (Å²) in [6.45, 7) is 1.49. The number of rotatable bonds is 4. The van der Waals surface area contributed by atoms with Gasteiger partial charge in [0, 0.05) is 35.0 Å². The van der Waals surface area contributed by atoms with Gasteiger partial charge in [-0.25, -0.2) is 0 Å². The molecule has 6 heteroatoms. The first-order chi connectivity index (χ1) is 14.1. The van der Waals surface area contributed by atoms with E-state index in [9.17, 15) is 4.79 Å². The Balaban J connectivity index is 1.59. The van der Waals surface area contributed by atoms with Gasteiger partial charge in [-0.15, -0.1) is 5.10 Å². The number of benzene rings is 2. The number of para-hydroxylation sites is 1. The normalized spacial score (nSPS) is 18.5. The van der Waals surface area contributed by atoms with Crippen LogP contribution >= 0.6 is 0 Å². The number of hydrogen-bond acceptors (Lipinski definition) is 5. The molecule has 3 aromatic rings. The highest BCUT2D eigenvalue weighted by atomic mass is 16.5. The zero-order valence-corrected chi connectivity index (χ0v) is 16.3. The molecule has 1 saturated carbocycles. The fourth-order valence-corrected chi connectivity index (χ4v) is 3.65. The third-order valence-electron chi connectivity index (χ3n) is 5.31. The molecule has 5 rings (SSSR count). The van der Waals surface area contributed by atoms with Gasteiger partial charge in [-0.2, -0.15) is 5.01 Å². The van der Waals surface area contributed by atoms with Gasteiger partial charge >= 0.3 is 0 Å². The Morgan fingerprint density at radius 3 is 2.72 bits per heavy atom. The molecular weight excluding hydrogens is 366 g/mol. The Kier molecular flexibility index (Phi) is 4.19. The summed E-state index contributed by atoms with van der Waals surface area (Å²) in [5, 5.41) is 6.90. The molecule has 1 fully saturated rings. The number of pyridine rings is 1. The van der Waals surface area contributed by atoms with E-state index in [-0.39, 0.29) is 5.91 Å². The first kappa shape index (κ1) is 17.7. The van der Waals surface area contributed by atoms with Crippen molar-refractivity contribution in [3.63, 3.8) is 0 Å². The second kappa shape index (κ2) is 6.88. The summed E-state index contributed by atoms with van der Waals surface area (Å²) in [5.74, 6) is 1.45. The molecule has 1 aliphatic carbocycles. The van der Waals surface area contributed by atoms with Crippen LogP contribution in [0.5, 0.6) is 5.75 Å². The van der Waals surface area contributed by atoms with Crippen LogP contribution in [-0.2, 0) is 9.53 Å². The minimum absolute atomic E-state index is 0.186. The summed E-state index contributed by atoms with van der Waals surface area (Å²) in [6, 6.07) is 17.5. The molecule has 0 saturated heterocycles. The number of nitrogens with zero attached hydrogens (tertiary/aromatic N) is 3. The number of fused-ring (bicyclic) bond motifs is 1. The molecule has 0 spiro atoms. The van der Waals surface area contributed by atoms with Crippen LogP contribution in [0.25, 0.3) is 10.9 Å². The van der Waals surface area contributed by atoms with E-state index in [1.807, 2.05) is 48.5 Å². The standard InChI is InChI=1S/C23H21N3O3/c1-14(27)26-23(16-6-5-7-17(12-16)28-2)29-22(25-26)19-13-21(15-10-11-15)24-20-9-4-3-8-18(19)20/h3-9,12-13,15,23H,10-11H2,1-2H3/t23-/m0/s1. The van der Waals surface area contributed by atoms with Crippen molar-refractivity contribution in [2.24, 2.45) is 5.10 Å². The smallest absolute Gasteiger partial charge is 0.243 e.